The fourth-order valence-electron chi connectivity index (χ4n) is 3.42. The maximum Gasteiger partial charge on any atom is 0.227 e. The van der Waals surface area contributed by atoms with Gasteiger partial charge in [-0.05, 0) is 31.9 Å². The average Bonchev–Trinajstić information content (AvgIpc) is 3.43. The van der Waals surface area contributed by atoms with Crippen molar-refractivity contribution in [1.29, 1.82) is 0 Å². The zero-order valence-electron chi connectivity index (χ0n) is 18.2. The molecule has 0 fully saturated rings. The van der Waals surface area contributed by atoms with Crippen LogP contribution in [0.4, 0.5) is 5.69 Å². The van der Waals surface area contributed by atoms with E-state index in [0.717, 1.165) is 22.4 Å². The van der Waals surface area contributed by atoms with Gasteiger partial charge in [-0.25, -0.2) is 4.98 Å². The molecule has 0 aliphatic heterocycles. The van der Waals surface area contributed by atoms with Crippen LogP contribution >= 0.6 is 11.8 Å². The number of benzene rings is 2. The highest BCUT2D eigenvalue weighted by molar-refractivity contribution is 7.98. The molecule has 2 aromatic heterocycles. The number of hydrogen-bond donors (Lipinski definition) is 2. The number of carbonyl (C=O) groups excluding carboxylic acids is 1. The SMILES string of the molecule is Cc1cc(C)c(NC(=O)CCc2nc(CSc3n[nH]c(-c4ccccc4)n3)no2)c(C)c1. The van der Waals surface area contributed by atoms with Crippen LogP contribution in [0.2, 0.25) is 0 Å². The predicted molar refractivity (Wildman–Crippen MR) is 123 cm³/mol. The third-order valence-corrected chi connectivity index (χ3v) is 5.70. The molecule has 0 radical (unpaired) electrons. The van der Waals surface area contributed by atoms with E-state index in [0.29, 0.717) is 34.9 Å². The number of nitrogens with one attached hydrogen (secondary N) is 2. The van der Waals surface area contributed by atoms with Crippen molar-refractivity contribution < 1.29 is 9.32 Å². The summed E-state index contributed by atoms with van der Waals surface area (Å²) in [5.41, 5.74) is 5.12. The summed E-state index contributed by atoms with van der Waals surface area (Å²) in [7, 11) is 0. The van der Waals surface area contributed by atoms with Gasteiger partial charge in [-0.2, -0.15) is 4.98 Å². The fraction of sp³-hybridized carbons (Fsp3) is 0.261. The molecule has 0 atom stereocenters. The van der Waals surface area contributed by atoms with Crippen LogP contribution in [0.1, 0.15) is 34.8 Å². The number of nitrogens with zero attached hydrogens (tertiary/aromatic N) is 4. The lowest BCUT2D eigenvalue weighted by Crippen LogP contribution is -2.14. The molecule has 0 bridgehead atoms. The summed E-state index contributed by atoms with van der Waals surface area (Å²) in [6.45, 7) is 6.03. The lowest BCUT2D eigenvalue weighted by atomic mass is 10.0. The second kappa shape index (κ2) is 9.78. The minimum absolute atomic E-state index is 0.0802. The van der Waals surface area contributed by atoms with Crippen molar-refractivity contribution in [3.05, 3.63) is 70.9 Å². The largest absolute Gasteiger partial charge is 0.339 e. The molecule has 0 saturated carbocycles. The van der Waals surface area contributed by atoms with Crippen molar-refractivity contribution >= 4 is 23.4 Å². The minimum Gasteiger partial charge on any atom is -0.339 e. The van der Waals surface area contributed by atoms with Gasteiger partial charge in [-0.15, -0.1) is 5.10 Å². The third kappa shape index (κ3) is 5.42. The van der Waals surface area contributed by atoms with Crippen LogP contribution in [-0.2, 0) is 17.0 Å². The molecule has 0 aliphatic rings. The van der Waals surface area contributed by atoms with Crippen LogP contribution in [0, 0.1) is 20.8 Å². The lowest BCUT2D eigenvalue weighted by Gasteiger charge is -2.12. The van der Waals surface area contributed by atoms with Crippen LogP contribution in [0.25, 0.3) is 11.4 Å². The molecule has 164 valence electrons. The number of amides is 1. The maximum atomic E-state index is 12.4. The number of hydrogen-bond acceptors (Lipinski definition) is 7. The summed E-state index contributed by atoms with van der Waals surface area (Å²) in [4.78, 5) is 21.2. The minimum atomic E-state index is -0.0802. The molecule has 0 unspecified atom stereocenters. The van der Waals surface area contributed by atoms with Gasteiger partial charge in [0.05, 0.1) is 5.75 Å². The van der Waals surface area contributed by atoms with Crippen molar-refractivity contribution in [1.82, 2.24) is 25.3 Å². The van der Waals surface area contributed by atoms with Gasteiger partial charge >= 0.3 is 0 Å². The van der Waals surface area contributed by atoms with Crippen molar-refractivity contribution in [2.24, 2.45) is 0 Å². The number of anilines is 1. The summed E-state index contributed by atoms with van der Waals surface area (Å²) in [6.07, 6.45) is 0.648. The standard InChI is InChI=1S/C23H24N6O2S/c1-14-11-15(2)21(16(3)12-14)25-19(30)9-10-20-24-18(29-31-20)13-32-23-26-22(27-28-23)17-7-5-4-6-8-17/h4-8,11-12H,9-10,13H2,1-3H3,(H,25,30)(H,26,27,28). The first-order valence-corrected chi connectivity index (χ1v) is 11.3. The normalized spacial score (nSPS) is 11.0. The van der Waals surface area contributed by atoms with Crippen molar-refractivity contribution in [3.63, 3.8) is 0 Å². The van der Waals surface area contributed by atoms with Gasteiger partial charge < -0.3 is 9.84 Å². The number of rotatable bonds is 8. The van der Waals surface area contributed by atoms with Crippen LogP contribution in [0.5, 0.6) is 0 Å². The topological polar surface area (TPSA) is 110 Å². The Bertz CT molecular complexity index is 1200. The van der Waals surface area contributed by atoms with Gasteiger partial charge in [0.1, 0.15) is 0 Å². The second-order valence-corrected chi connectivity index (χ2v) is 8.49. The Labute approximate surface area is 190 Å². The average molecular weight is 449 g/mol. The van der Waals surface area contributed by atoms with Gasteiger partial charge in [0.2, 0.25) is 17.0 Å². The molecule has 32 heavy (non-hydrogen) atoms. The van der Waals surface area contributed by atoms with Gasteiger partial charge in [-0.3, -0.25) is 9.89 Å². The fourth-order valence-corrected chi connectivity index (χ4v) is 4.06. The van der Waals surface area contributed by atoms with Crippen molar-refractivity contribution in [3.8, 4) is 11.4 Å². The zero-order chi connectivity index (χ0) is 22.5. The number of thioether (sulfide) groups is 1. The number of aromatic amines is 1. The van der Waals surface area contributed by atoms with Crippen LogP contribution in [-0.4, -0.2) is 31.2 Å². The summed E-state index contributed by atoms with van der Waals surface area (Å²) in [5, 5.41) is 14.8. The lowest BCUT2D eigenvalue weighted by molar-refractivity contribution is -0.116. The molecule has 0 aliphatic carbocycles. The zero-order valence-corrected chi connectivity index (χ0v) is 19.0. The molecular weight excluding hydrogens is 424 g/mol. The third-order valence-electron chi connectivity index (χ3n) is 4.86. The van der Waals surface area contributed by atoms with Gasteiger partial charge in [-0.1, -0.05) is 64.9 Å². The molecular formula is C23H24N6O2S. The molecule has 2 N–H and O–H groups in total. The first-order valence-electron chi connectivity index (χ1n) is 10.3. The van der Waals surface area contributed by atoms with E-state index >= 15 is 0 Å². The monoisotopic (exact) mass is 448 g/mol. The quantitative estimate of drug-likeness (QED) is 0.378. The first-order chi connectivity index (χ1) is 15.5. The Morgan fingerprint density at radius 3 is 2.59 bits per heavy atom. The molecule has 2 aromatic carbocycles. The van der Waals surface area contributed by atoms with E-state index in [1.807, 2.05) is 51.1 Å². The summed E-state index contributed by atoms with van der Waals surface area (Å²) in [5.74, 6) is 2.09. The summed E-state index contributed by atoms with van der Waals surface area (Å²) < 4.78 is 5.29. The van der Waals surface area contributed by atoms with E-state index in [4.69, 9.17) is 4.52 Å². The molecule has 9 heteroatoms. The highest BCUT2D eigenvalue weighted by atomic mass is 32.2. The number of aryl methyl sites for hydroxylation is 4. The summed E-state index contributed by atoms with van der Waals surface area (Å²) >= 11 is 1.42. The molecule has 8 nitrogen and oxygen atoms in total. The van der Waals surface area contributed by atoms with Crippen LogP contribution in [0.15, 0.2) is 52.1 Å². The molecule has 1 amide bonds. The van der Waals surface area contributed by atoms with Crippen molar-refractivity contribution in [2.45, 2.75) is 44.5 Å². The van der Waals surface area contributed by atoms with Crippen LogP contribution in [0.3, 0.4) is 0 Å². The Morgan fingerprint density at radius 1 is 1.09 bits per heavy atom. The molecule has 2 heterocycles. The Kier molecular flexibility index (Phi) is 6.65. The van der Waals surface area contributed by atoms with E-state index in [1.165, 1.54) is 17.3 Å². The van der Waals surface area contributed by atoms with E-state index in [-0.39, 0.29) is 12.3 Å². The predicted octanol–water partition coefficient (Wildman–Crippen LogP) is 4.64. The van der Waals surface area contributed by atoms with Crippen molar-refractivity contribution in [2.75, 3.05) is 5.32 Å². The maximum absolute atomic E-state index is 12.4. The molecule has 4 rings (SSSR count). The van der Waals surface area contributed by atoms with Crippen LogP contribution < -0.4 is 5.32 Å². The highest BCUT2D eigenvalue weighted by Gasteiger charge is 2.13. The molecule has 0 spiro atoms. The first kappa shape index (κ1) is 21.8. The summed E-state index contributed by atoms with van der Waals surface area (Å²) in [6, 6.07) is 13.9. The van der Waals surface area contributed by atoms with Gasteiger partial charge in [0.15, 0.2) is 11.6 Å². The van der Waals surface area contributed by atoms with Gasteiger partial charge in [0, 0.05) is 24.1 Å². The smallest absolute Gasteiger partial charge is 0.227 e. The van der Waals surface area contributed by atoms with Gasteiger partial charge in [0.25, 0.3) is 0 Å². The molecule has 4 aromatic rings. The Hall–Kier alpha value is -3.46. The Morgan fingerprint density at radius 2 is 1.84 bits per heavy atom. The van der Waals surface area contributed by atoms with E-state index in [1.54, 1.807) is 0 Å². The van der Waals surface area contributed by atoms with E-state index in [9.17, 15) is 4.79 Å². The van der Waals surface area contributed by atoms with E-state index in [2.05, 4.69) is 42.8 Å². The highest BCUT2D eigenvalue weighted by Crippen LogP contribution is 2.23. The number of H-pyrrole nitrogens is 1. The Balaban J connectivity index is 1.27. The number of aromatic nitrogens is 5. The van der Waals surface area contributed by atoms with E-state index < -0.39 is 0 Å². The molecule has 0 saturated heterocycles. The second-order valence-electron chi connectivity index (χ2n) is 7.55. The number of carbonyl (C=O) groups is 1.